The Hall–Kier alpha value is -3.08. The molecule has 3 aromatic rings. The Morgan fingerprint density at radius 2 is 1.58 bits per heavy atom. The fourth-order valence-electron chi connectivity index (χ4n) is 3.12. The molecule has 1 heterocycles. The summed E-state index contributed by atoms with van der Waals surface area (Å²) in [5, 5.41) is 6.05. The van der Waals surface area contributed by atoms with Crippen LogP contribution in [0.2, 0.25) is 0 Å². The molecule has 0 aliphatic carbocycles. The molecule has 1 aliphatic rings. The van der Waals surface area contributed by atoms with Gasteiger partial charge >= 0.3 is 5.97 Å². The van der Waals surface area contributed by atoms with Gasteiger partial charge in [0.2, 0.25) is 0 Å². The molecule has 0 spiro atoms. The van der Waals surface area contributed by atoms with Crippen LogP contribution in [0.3, 0.4) is 0 Å². The number of rotatable bonds is 3. The second-order valence-electron chi connectivity index (χ2n) is 5.66. The van der Waals surface area contributed by atoms with Crippen molar-refractivity contribution in [3.63, 3.8) is 0 Å². The van der Waals surface area contributed by atoms with Crippen molar-refractivity contribution in [3.8, 4) is 5.75 Å². The van der Waals surface area contributed by atoms with Crippen LogP contribution in [0.1, 0.15) is 10.4 Å². The lowest BCUT2D eigenvalue weighted by Crippen LogP contribution is -2.52. The van der Waals surface area contributed by atoms with Gasteiger partial charge in [-0.25, -0.2) is 4.79 Å². The predicted octanol–water partition coefficient (Wildman–Crippen LogP) is 2.66. The number of hydrogen-bond acceptors (Lipinski definition) is 4. The lowest BCUT2D eigenvalue weighted by molar-refractivity contribution is -0.162. The Bertz CT molecular complexity index is 923. The van der Waals surface area contributed by atoms with Crippen LogP contribution in [0.15, 0.2) is 48.5 Å². The highest BCUT2D eigenvalue weighted by Gasteiger charge is 2.33. The molecule has 24 heavy (non-hydrogen) atoms. The van der Waals surface area contributed by atoms with Crippen molar-refractivity contribution in [2.45, 2.75) is 6.04 Å². The minimum atomic E-state index is -0.572. The highest BCUT2D eigenvalue weighted by Crippen LogP contribution is 2.38. The molecular formula is C19H15NO4. The number of benzene rings is 3. The van der Waals surface area contributed by atoms with Gasteiger partial charge in [-0.3, -0.25) is 4.79 Å². The first-order valence-corrected chi connectivity index (χ1v) is 7.65. The number of esters is 1. The van der Waals surface area contributed by atoms with E-state index < -0.39 is 12.0 Å². The molecule has 0 saturated carbocycles. The number of carbonyl (C=O) groups excluding carboxylic acids is 2. The first-order valence-electron chi connectivity index (χ1n) is 7.65. The SMILES string of the molecule is COc1c2ccccc2c(C(=O)NC2COC2=O)c2ccccc12. The fraction of sp³-hybridized carbons (Fsp3) is 0.158. The molecule has 5 nitrogen and oxygen atoms in total. The van der Waals surface area contributed by atoms with E-state index in [2.05, 4.69) is 5.32 Å². The van der Waals surface area contributed by atoms with Gasteiger partial charge in [0.05, 0.1) is 12.7 Å². The van der Waals surface area contributed by atoms with Crippen molar-refractivity contribution in [1.82, 2.24) is 5.32 Å². The maximum atomic E-state index is 12.9. The number of methoxy groups -OCH3 is 1. The lowest BCUT2D eigenvalue weighted by atomic mass is 9.95. The summed E-state index contributed by atoms with van der Waals surface area (Å²) in [6, 6.07) is 14.6. The number of amides is 1. The van der Waals surface area contributed by atoms with Crippen LogP contribution >= 0.6 is 0 Å². The Morgan fingerprint density at radius 1 is 1.04 bits per heavy atom. The highest BCUT2D eigenvalue weighted by atomic mass is 16.6. The predicted molar refractivity (Wildman–Crippen MR) is 90.2 cm³/mol. The fourth-order valence-corrected chi connectivity index (χ4v) is 3.12. The van der Waals surface area contributed by atoms with E-state index in [4.69, 9.17) is 9.47 Å². The molecule has 1 saturated heterocycles. The molecule has 120 valence electrons. The number of carbonyl (C=O) groups is 2. The monoisotopic (exact) mass is 321 g/mol. The summed E-state index contributed by atoms with van der Waals surface area (Å²) in [7, 11) is 1.62. The van der Waals surface area contributed by atoms with Crippen molar-refractivity contribution in [3.05, 3.63) is 54.1 Å². The number of hydrogen-bond donors (Lipinski definition) is 1. The molecule has 0 bridgehead atoms. The second-order valence-corrected chi connectivity index (χ2v) is 5.66. The lowest BCUT2D eigenvalue weighted by Gasteiger charge is -2.25. The molecule has 1 fully saturated rings. The van der Waals surface area contributed by atoms with E-state index in [0.29, 0.717) is 5.56 Å². The summed E-state index contributed by atoms with van der Waals surface area (Å²) >= 11 is 0. The van der Waals surface area contributed by atoms with Crippen molar-refractivity contribution >= 4 is 33.4 Å². The second kappa shape index (κ2) is 5.53. The summed E-state index contributed by atoms with van der Waals surface area (Å²) in [5.41, 5.74) is 0.543. The average molecular weight is 321 g/mol. The topological polar surface area (TPSA) is 64.6 Å². The third-order valence-corrected chi connectivity index (χ3v) is 4.30. The van der Waals surface area contributed by atoms with Crippen LogP contribution < -0.4 is 10.1 Å². The maximum absolute atomic E-state index is 12.9. The quantitative estimate of drug-likeness (QED) is 0.595. The van der Waals surface area contributed by atoms with Gasteiger partial charge in [-0.2, -0.15) is 0 Å². The number of nitrogens with one attached hydrogen (secondary N) is 1. The minimum absolute atomic E-state index is 0.219. The van der Waals surface area contributed by atoms with E-state index in [1.807, 2.05) is 48.5 Å². The van der Waals surface area contributed by atoms with Gasteiger partial charge in [-0.15, -0.1) is 0 Å². The third kappa shape index (κ3) is 2.09. The summed E-state index contributed by atoms with van der Waals surface area (Å²) in [4.78, 5) is 24.2. The Kier molecular flexibility index (Phi) is 3.34. The van der Waals surface area contributed by atoms with Crippen LogP contribution in [0.4, 0.5) is 0 Å². The van der Waals surface area contributed by atoms with Gasteiger partial charge in [0.25, 0.3) is 5.91 Å². The molecule has 3 aromatic carbocycles. The number of fused-ring (bicyclic) bond motifs is 2. The van der Waals surface area contributed by atoms with E-state index in [1.54, 1.807) is 7.11 Å². The van der Waals surface area contributed by atoms with E-state index in [1.165, 1.54) is 0 Å². The van der Waals surface area contributed by atoms with Gasteiger partial charge in [-0.1, -0.05) is 48.5 Å². The van der Waals surface area contributed by atoms with Crippen molar-refractivity contribution in [2.75, 3.05) is 13.7 Å². The van der Waals surface area contributed by atoms with E-state index in [0.717, 1.165) is 27.3 Å². The van der Waals surface area contributed by atoms with Gasteiger partial charge in [0, 0.05) is 10.8 Å². The maximum Gasteiger partial charge on any atom is 0.332 e. The average Bonchev–Trinajstić information content (AvgIpc) is 2.62. The van der Waals surface area contributed by atoms with Crippen LogP contribution in [0.25, 0.3) is 21.5 Å². The van der Waals surface area contributed by atoms with E-state index >= 15 is 0 Å². The van der Waals surface area contributed by atoms with Gasteiger partial charge in [-0.05, 0) is 10.8 Å². The summed E-state index contributed by atoms with van der Waals surface area (Å²) in [6.07, 6.45) is 0. The Labute approximate surface area is 138 Å². The van der Waals surface area contributed by atoms with Gasteiger partial charge in [0.1, 0.15) is 12.4 Å². The standard InChI is InChI=1S/C19H15NO4/c1-23-17-13-8-4-2-6-11(13)16(12-7-3-5-9-14(12)17)18(21)20-15-10-24-19(15)22/h2-9,15H,10H2,1H3,(H,20,21). The zero-order valence-electron chi connectivity index (χ0n) is 13.0. The van der Waals surface area contributed by atoms with Crippen LogP contribution in [0.5, 0.6) is 5.75 Å². The highest BCUT2D eigenvalue weighted by molar-refractivity contribution is 6.21. The smallest absolute Gasteiger partial charge is 0.332 e. The Morgan fingerprint density at radius 3 is 2.00 bits per heavy atom. The van der Waals surface area contributed by atoms with Gasteiger partial charge in [0.15, 0.2) is 6.04 Å². The normalized spacial score (nSPS) is 16.5. The molecule has 0 radical (unpaired) electrons. The zero-order chi connectivity index (χ0) is 16.7. The molecule has 5 heteroatoms. The van der Waals surface area contributed by atoms with Crippen molar-refractivity contribution in [2.24, 2.45) is 0 Å². The van der Waals surface area contributed by atoms with Crippen LogP contribution in [-0.4, -0.2) is 31.6 Å². The molecule has 4 rings (SSSR count). The van der Waals surface area contributed by atoms with Crippen LogP contribution in [-0.2, 0) is 9.53 Å². The molecule has 1 aliphatic heterocycles. The van der Waals surface area contributed by atoms with E-state index in [9.17, 15) is 9.59 Å². The summed E-state index contributed by atoms with van der Waals surface area (Å²) in [6.45, 7) is 0.219. The third-order valence-electron chi connectivity index (χ3n) is 4.30. The van der Waals surface area contributed by atoms with Crippen molar-refractivity contribution < 1.29 is 19.1 Å². The molecule has 1 amide bonds. The van der Waals surface area contributed by atoms with E-state index in [-0.39, 0.29) is 12.5 Å². The molecule has 1 N–H and O–H groups in total. The minimum Gasteiger partial charge on any atom is -0.495 e. The zero-order valence-corrected chi connectivity index (χ0v) is 13.0. The molecule has 1 unspecified atom stereocenters. The molecule has 0 aromatic heterocycles. The number of cyclic esters (lactones) is 1. The summed E-state index contributed by atoms with van der Waals surface area (Å²) < 4.78 is 10.3. The van der Waals surface area contributed by atoms with Gasteiger partial charge < -0.3 is 14.8 Å². The largest absolute Gasteiger partial charge is 0.495 e. The molecule has 1 atom stereocenters. The number of ether oxygens (including phenoxy) is 2. The first-order chi connectivity index (χ1) is 11.7. The first kappa shape index (κ1) is 14.5. The van der Waals surface area contributed by atoms with Crippen molar-refractivity contribution in [1.29, 1.82) is 0 Å². The Balaban J connectivity index is 1.98. The molecular weight excluding hydrogens is 306 g/mol. The van der Waals surface area contributed by atoms with Crippen LogP contribution in [0, 0.1) is 0 Å². The summed E-state index contributed by atoms with van der Waals surface area (Å²) in [5.74, 6) is 0.0537.